The van der Waals surface area contributed by atoms with E-state index in [2.05, 4.69) is 4.72 Å². The Balaban J connectivity index is 2.90. The second kappa shape index (κ2) is 6.14. The number of aliphatic hydroxyl groups is 1. The van der Waals surface area contributed by atoms with Crippen LogP contribution in [0.4, 0.5) is 0 Å². The summed E-state index contributed by atoms with van der Waals surface area (Å²) in [6.07, 6.45) is -0.481. The molecule has 0 heterocycles. The van der Waals surface area contributed by atoms with Crippen molar-refractivity contribution in [2.24, 2.45) is 0 Å². The average Bonchev–Trinajstić information content (AvgIpc) is 2.37. The number of hydrogen-bond donors (Lipinski definition) is 3. The lowest BCUT2D eigenvalue weighted by Crippen LogP contribution is -2.47. The quantitative estimate of drug-likeness (QED) is 0.668. The van der Waals surface area contributed by atoms with E-state index in [0.717, 1.165) is 0 Å². The van der Waals surface area contributed by atoms with Crippen molar-refractivity contribution < 1.29 is 23.4 Å². The summed E-state index contributed by atoms with van der Waals surface area (Å²) >= 11 is 0. The zero-order valence-electron chi connectivity index (χ0n) is 10.5. The maximum Gasteiger partial charge on any atom is 0.304 e. The highest BCUT2D eigenvalue weighted by Crippen LogP contribution is 2.21. The summed E-state index contributed by atoms with van der Waals surface area (Å²) in [7, 11) is -3.79. The first-order valence-corrected chi connectivity index (χ1v) is 7.34. The van der Waals surface area contributed by atoms with Crippen molar-refractivity contribution in [1.82, 2.24) is 4.72 Å². The van der Waals surface area contributed by atoms with Crippen LogP contribution >= 0.6 is 0 Å². The molecule has 3 N–H and O–H groups in total. The third kappa shape index (κ3) is 4.62. The van der Waals surface area contributed by atoms with Gasteiger partial charge in [0.25, 0.3) is 0 Å². The van der Waals surface area contributed by atoms with Gasteiger partial charge in [-0.25, -0.2) is 13.1 Å². The standard InChI is InChI=1S/C12H17NO5S/c1-12(9-14,10-5-3-2-4-6-10)13-19(17,18)8-7-11(15)16/h2-6,13-14H,7-9H2,1H3,(H,15,16). The van der Waals surface area contributed by atoms with Gasteiger partial charge in [-0.15, -0.1) is 0 Å². The van der Waals surface area contributed by atoms with Crippen molar-refractivity contribution in [2.75, 3.05) is 12.4 Å². The molecule has 0 aliphatic rings. The molecule has 6 nitrogen and oxygen atoms in total. The van der Waals surface area contributed by atoms with Crippen LogP contribution in [0.25, 0.3) is 0 Å². The maximum absolute atomic E-state index is 11.8. The van der Waals surface area contributed by atoms with E-state index >= 15 is 0 Å². The number of hydrogen-bond acceptors (Lipinski definition) is 4. The third-order valence-corrected chi connectivity index (χ3v) is 4.20. The number of carboxylic acids is 1. The number of rotatable bonds is 7. The molecule has 19 heavy (non-hydrogen) atoms. The number of benzene rings is 1. The van der Waals surface area contributed by atoms with Crippen LogP contribution in [0.5, 0.6) is 0 Å². The minimum absolute atomic E-state index is 0.427. The molecule has 0 radical (unpaired) electrons. The van der Waals surface area contributed by atoms with Gasteiger partial charge in [0.1, 0.15) is 0 Å². The monoisotopic (exact) mass is 287 g/mol. The lowest BCUT2D eigenvalue weighted by molar-refractivity contribution is -0.136. The molecule has 0 saturated carbocycles. The van der Waals surface area contributed by atoms with Crippen molar-refractivity contribution in [3.8, 4) is 0 Å². The van der Waals surface area contributed by atoms with E-state index < -0.39 is 40.3 Å². The third-order valence-electron chi connectivity index (χ3n) is 2.69. The van der Waals surface area contributed by atoms with Gasteiger partial charge < -0.3 is 10.2 Å². The van der Waals surface area contributed by atoms with Gasteiger partial charge in [0.05, 0.1) is 24.3 Å². The molecule has 1 aromatic carbocycles. The minimum atomic E-state index is -3.79. The molecule has 0 aromatic heterocycles. The van der Waals surface area contributed by atoms with Crippen LogP contribution in [0.3, 0.4) is 0 Å². The summed E-state index contributed by atoms with van der Waals surface area (Å²) in [5, 5.41) is 17.9. The van der Waals surface area contributed by atoms with E-state index in [1.54, 1.807) is 37.3 Å². The van der Waals surface area contributed by atoms with E-state index in [1.807, 2.05) is 0 Å². The SMILES string of the molecule is CC(CO)(NS(=O)(=O)CCC(=O)O)c1ccccc1. The average molecular weight is 287 g/mol. The van der Waals surface area contributed by atoms with E-state index in [1.165, 1.54) is 0 Å². The molecule has 0 amide bonds. The molecular formula is C12H17NO5S. The molecular weight excluding hydrogens is 270 g/mol. The molecule has 7 heteroatoms. The summed E-state index contributed by atoms with van der Waals surface area (Å²) in [6.45, 7) is 1.12. The fraction of sp³-hybridized carbons (Fsp3) is 0.417. The van der Waals surface area contributed by atoms with Crippen LogP contribution in [0.15, 0.2) is 30.3 Å². The van der Waals surface area contributed by atoms with E-state index in [4.69, 9.17) is 5.11 Å². The second-order valence-electron chi connectivity index (χ2n) is 4.42. The maximum atomic E-state index is 11.8. The number of carboxylic acid groups (broad SMARTS) is 1. The first kappa shape index (κ1) is 15.6. The molecule has 1 rings (SSSR count). The summed E-state index contributed by atoms with van der Waals surface area (Å²) in [5.41, 5.74) is -0.560. The zero-order valence-corrected chi connectivity index (χ0v) is 11.4. The van der Waals surface area contributed by atoms with Crippen molar-refractivity contribution in [2.45, 2.75) is 18.9 Å². The van der Waals surface area contributed by atoms with Crippen molar-refractivity contribution in [3.63, 3.8) is 0 Å². The Kier molecular flexibility index (Phi) is 5.04. The Morgan fingerprint density at radius 2 is 1.89 bits per heavy atom. The number of carbonyl (C=O) groups is 1. The molecule has 0 saturated heterocycles. The number of aliphatic carboxylic acids is 1. The predicted molar refractivity (Wildman–Crippen MR) is 70.1 cm³/mol. The van der Waals surface area contributed by atoms with Crippen LogP contribution in [-0.4, -0.2) is 37.0 Å². The van der Waals surface area contributed by atoms with Gasteiger partial charge in [-0.2, -0.15) is 0 Å². The van der Waals surface area contributed by atoms with Gasteiger partial charge in [0, 0.05) is 0 Å². The fourth-order valence-electron chi connectivity index (χ4n) is 1.60. The van der Waals surface area contributed by atoms with Gasteiger partial charge in [-0.1, -0.05) is 30.3 Å². The molecule has 1 atom stereocenters. The largest absolute Gasteiger partial charge is 0.481 e. The normalized spacial score (nSPS) is 14.8. The van der Waals surface area contributed by atoms with Gasteiger partial charge >= 0.3 is 5.97 Å². The van der Waals surface area contributed by atoms with Gasteiger partial charge in [-0.05, 0) is 12.5 Å². The fourth-order valence-corrected chi connectivity index (χ4v) is 3.02. The zero-order chi connectivity index (χ0) is 14.5. The Hall–Kier alpha value is -1.44. The van der Waals surface area contributed by atoms with Crippen LogP contribution in [0, 0.1) is 0 Å². The number of sulfonamides is 1. The van der Waals surface area contributed by atoms with Gasteiger partial charge in [-0.3, -0.25) is 4.79 Å². The Labute approximate surface area is 112 Å². The highest BCUT2D eigenvalue weighted by Gasteiger charge is 2.31. The first-order valence-electron chi connectivity index (χ1n) is 5.69. The van der Waals surface area contributed by atoms with Crippen molar-refractivity contribution in [1.29, 1.82) is 0 Å². The molecule has 0 bridgehead atoms. The topological polar surface area (TPSA) is 104 Å². The van der Waals surface area contributed by atoms with Gasteiger partial charge in [0.2, 0.25) is 10.0 Å². The summed E-state index contributed by atoms with van der Waals surface area (Å²) in [6, 6.07) is 8.62. The molecule has 0 spiro atoms. The molecule has 0 fully saturated rings. The molecule has 0 aliphatic carbocycles. The van der Waals surface area contributed by atoms with Crippen LogP contribution in [0.2, 0.25) is 0 Å². The van der Waals surface area contributed by atoms with Crippen LogP contribution in [0.1, 0.15) is 18.9 Å². The van der Waals surface area contributed by atoms with E-state index in [9.17, 15) is 18.3 Å². The van der Waals surface area contributed by atoms with Crippen LogP contribution < -0.4 is 4.72 Å². The lowest BCUT2D eigenvalue weighted by atomic mass is 9.94. The van der Waals surface area contributed by atoms with E-state index in [-0.39, 0.29) is 0 Å². The summed E-state index contributed by atoms with van der Waals surface area (Å²) in [5.74, 6) is -1.71. The minimum Gasteiger partial charge on any atom is -0.481 e. The van der Waals surface area contributed by atoms with Crippen LogP contribution in [-0.2, 0) is 20.4 Å². The number of nitrogens with one attached hydrogen (secondary N) is 1. The highest BCUT2D eigenvalue weighted by atomic mass is 32.2. The Bertz CT molecular complexity index is 528. The molecule has 1 aromatic rings. The lowest BCUT2D eigenvalue weighted by Gasteiger charge is -2.28. The Morgan fingerprint density at radius 3 is 2.37 bits per heavy atom. The number of aliphatic hydroxyl groups excluding tert-OH is 1. The van der Waals surface area contributed by atoms with Crippen molar-refractivity contribution >= 4 is 16.0 Å². The summed E-state index contributed by atoms with van der Waals surface area (Å²) < 4.78 is 25.9. The second-order valence-corrected chi connectivity index (χ2v) is 6.26. The molecule has 0 aliphatic heterocycles. The molecule has 106 valence electrons. The van der Waals surface area contributed by atoms with Gasteiger partial charge in [0.15, 0.2) is 0 Å². The highest BCUT2D eigenvalue weighted by molar-refractivity contribution is 7.89. The van der Waals surface area contributed by atoms with E-state index in [0.29, 0.717) is 5.56 Å². The predicted octanol–water partition coefficient (Wildman–Crippen LogP) is 0.288. The summed E-state index contributed by atoms with van der Waals surface area (Å²) in [4.78, 5) is 10.4. The molecule has 1 unspecified atom stereocenters. The smallest absolute Gasteiger partial charge is 0.304 e. The Morgan fingerprint density at radius 1 is 1.32 bits per heavy atom. The van der Waals surface area contributed by atoms with Crippen molar-refractivity contribution in [3.05, 3.63) is 35.9 Å². The first-order chi connectivity index (χ1) is 8.79.